The SMILES string of the molecule is COc1c(C)cc(Cl)cc1CNCC1(CN)CC1. The Labute approximate surface area is 114 Å². The van der Waals surface area contributed by atoms with E-state index in [4.69, 9.17) is 22.1 Å². The minimum atomic E-state index is 0.348. The third kappa shape index (κ3) is 2.97. The summed E-state index contributed by atoms with van der Waals surface area (Å²) in [6.45, 7) is 4.52. The molecule has 100 valence electrons. The van der Waals surface area contributed by atoms with Gasteiger partial charge in [0.25, 0.3) is 0 Å². The number of nitrogens with two attached hydrogens (primary N) is 1. The van der Waals surface area contributed by atoms with E-state index in [2.05, 4.69) is 5.32 Å². The summed E-state index contributed by atoms with van der Waals surface area (Å²) in [6.07, 6.45) is 2.48. The highest BCUT2D eigenvalue weighted by Crippen LogP contribution is 2.43. The molecule has 0 spiro atoms. The molecular weight excluding hydrogens is 248 g/mol. The van der Waals surface area contributed by atoms with Crippen LogP contribution in [-0.4, -0.2) is 20.2 Å². The quantitative estimate of drug-likeness (QED) is 0.833. The molecule has 0 heterocycles. The van der Waals surface area contributed by atoms with Crippen LogP contribution in [0.2, 0.25) is 5.02 Å². The zero-order valence-corrected chi connectivity index (χ0v) is 11.8. The van der Waals surface area contributed by atoms with E-state index in [0.717, 1.165) is 41.5 Å². The second-order valence-electron chi connectivity index (χ2n) is 5.22. The molecule has 0 atom stereocenters. The smallest absolute Gasteiger partial charge is 0.126 e. The number of aryl methyl sites for hydroxylation is 1. The maximum absolute atomic E-state index is 6.08. The molecule has 18 heavy (non-hydrogen) atoms. The zero-order valence-electron chi connectivity index (χ0n) is 11.1. The van der Waals surface area contributed by atoms with Gasteiger partial charge in [0, 0.05) is 23.7 Å². The Kier molecular flexibility index (Phi) is 4.15. The molecule has 0 amide bonds. The highest BCUT2D eigenvalue weighted by molar-refractivity contribution is 6.30. The van der Waals surface area contributed by atoms with Gasteiger partial charge in [0.05, 0.1) is 7.11 Å². The Hall–Kier alpha value is -0.770. The topological polar surface area (TPSA) is 47.3 Å². The molecule has 1 saturated carbocycles. The average molecular weight is 269 g/mol. The van der Waals surface area contributed by atoms with Gasteiger partial charge in [0.2, 0.25) is 0 Å². The molecule has 1 fully saturated rings. The molecule has 4 heteroatoms. The molecule has 3 N–H and O–H groups in total. The summed E-state index contributed by atoms with van der Waals surface area (Å²) in [5.41, 5.74) is 8.29. The van der Waals surface area contributed by atoms with E-state index < -0.39 is 0 Å². The first kappa shape index (κ1) is 13.7. The van der Waals surface area contributed by atoms with Gasteiger partial charge in [-0.2, -0.15) is 0 Å². The van der Waals surface area contributed by atoms with Crippen LogP contribution in [0, 0.1) is 12.3 Å². The fraction of sp³-hybridized carbons (Fsp3) is 0.571. The number of hydrogen-bond acceptors (Lipinski definition) is 3. The first-order valence-corrected chi connectivity index (χ1v) is 6.72. The van der Waals surface area contributed by atoms with E-state index in [1.165, 1.54) is 12.8 Å². The lowest BCUT2D eigenvalue weighted by atomic mass is 10.1. The Balaban J connectivity index is 2.00. The molecule has 0 radical (unpaired) electrons. The van der Waals surface area contributed by atoms with E-state index in [1.54, 1.807) is 7.11 Å². The average Bonchev–Trinajstić information content (AvgIpc) is 3.09. The third-order valence-corrected chi connectivity index (χ3v) is 3.94. The van der Waals surface area contributed by atoms with E-state index in [0.29, 0.717) is 5.41 Å². The fourth-order valence-electron chi connectivity index (χ4n) is 2.31. The van der Waals surface area contributed by atoms with Gasteiger partial charge in [-0.25, -0.2) is 0 Å². The molecule has 0 aromatic heterocycles. The normalized spacial score (nSPS) is 16.7. The molecule has 1 aliphatic carbocycles. The molecular formula is C14H21ClN2O. The van der Waals surface area contributed by atoms with Crippen molar-refractivity contribution in [2.75, 3.05) is 20.2 Å². The largest absolute Gasteiger partial charge is 0.496 e. The van der Waals surface area contributed by atoms with Crippen molar-refractivity contribution >= 4 is 11.6 Å². The molecule has 1 aliphatic rings. The number of nitrogens with one attached hydrogen (secondary N) is 1. The summed E-state index contributed by atoms with van der Waals surface area (Å²) in [6, 6.07) is 3.88. The molecule has 0 bridgehead atoms. The second-order valence-corrected chi connectivity index (χ2v) is 5.66. The number of benzene rings is 1. The van der Waals surface area contributed by atoms with Crippen LogP contribution in [-0.2, 0) is 6.54 Å². The summed E-state index contributed by atoms with van der Waals surface area (Å²) < 4.78 is 5.43. The van der Waals surface area contributed by atoms with Crippen molar-refractivity contribution in [3.63, 3.8) is 0 Å². The Morgan fingerprint density at radius 1 is 1.44 bits per heavy atom. The minimum Gasteiger partial charge on any atom is -0.496 e. The van der Waals surface area contributed by atoms with E-state index in [1.807, 2.05) is 19.1 Å². The number of hydrogen-bond donors (Lipinski definition) is 2. The van der Waals surface area contributed by atoms with Crippen LogP contribution in [0.25, 0.3) is 0 Å². The van der Waals surface area contributed by atoms with Crippen LogP contribution in [0.1, 0.15) is 24.0 Å². The Bertz CT molecular complexity index is 430. The summed E-state index contributed by atoms with van der Waals surface area (Å²) in [4.78, 5) is 0. The van der Waals surface area contributed by atoms with Gasteiger partial charge in [0.1, 0.15) is 5.75 Å². The number of methoxy groups -OCH3 is 1. The van der Waals surface area contributed by atoms with Crippen molar-refractivity contribution in [1.29, 1.82) is 0 Å². The van der Waals surface area contributed by atoms with Crippen molar-refractivity contribution in [2.45, 2.75) is 26.3 Å². The zero-order chi connectivity index (χ0) is 13.2. The summed E-state index contributed by atoms with van der Waals surface area (Å²) in [5, 5.41) is 4.22. The van der Waals surface area contributed by atoms with E-state index in [-0.39, 0.29) is 0 Å². The molecule has 2 rings (SSSR count). The van der Waals surface area contributed by atoms with Crippen LogP contribution >= 0.6 is 11.6 Å². The van der Waals surface area contributed by atoms with Crippen molar-refractivity contribution in [3.05, 3.63) is 28.3 Å². The van der Waals surface area contributed by atoms with Gasteiger partial charge >= 0.3 is 0 Å². The molecule has 0 aliphatic heterocycles. The van der Waals surface area contributed by atoms with Crippen LogP contribution in [0.3, 0.4) is 0 Å². The van der Waals surface area contributed by atoms with Crippen molar-refractivity contribution in [2.24, 2.45) is 11.1 Å². The van der Waals surface area contributed by atoms with Gasteiger partial charge in [-0.1, -0.05) is 11.6 Å². The molecule has 3 nitrogen and oxygen atoms in total. The number of halogens is 1. The first-order valence-electron chi connectivity index (χ1n) is 6.34. The maximum Gasteiger partial charge on any atom is 0.126 e. The highest BCUT2D eigenvalue weighted by Gasteiger charge is 2.40. The van der Waals surface area contributed by atoms with Crippen LogP contribution in [0.15, 0.2) is 12.1 Å². The highest BCUT2D eigenvalue weighted by atomic mass is 35.5. The second kappa shape index (κ2) is 5.47. The number of rotatable bonds is 6. The molecule has 0 unspecified atom stereocenters. The Morgan fingerprint density at radius 2 is 2.17 bits per heavy atom. The lowest BCUT2D eigenvalue weighted by molar-refractivity contribution is 0.401. The van der Waals surface area contributed by atoms with Crippen molar-refractivity contribution in [1.82, 2.24) is 5.32 Å². The van der Waals surface area contributed by atoms with Crippen molar-refractivity contribution in [3.8, 4) is 5.75 Å². The van der Waals surface area contributed by atoms with Crippen LogP contribution in [0.5, 0.6) is 5.75 Å². The van der Waals surface area contributed by atoms with Gasteiger partial charge in [-0.3, -0.25) is 0 Å². The van der Waals surface area contributed by atoms with Crippen LogP contribution in [0.4, 0.5) is 0 Å². The number of ether oxygens (including phenoxy) is 1. The predicted octanol–water partition coefficient (Wildman–Crippen LogP) is 2.49. The third-order valence-electron chi connectivity index (χ3n) is 3.73. The first-order chi connectivity index (χ1) is 8.60. The predicted molar refractivity (Wildman–Crippen MR) is 75.2 cm³/mol. The monoisotopic (exact) mass is 268 g/mol. The van der Waals surface area contributed by atoms with Gasteiger partial charge < -0.3 is 15.8 Å². The summed E-state index contributed by atoms with van der Waals surface area (Å²) in [7, 11) is 1.70. The van der Waals surface area contributed by atoms with Crippen molar-refractivity contribution < 1.29 is 4.74 Å². The summed E-state index contributed by atoms with van der Waals surface area (Å²) in [5.74, 6) is 0.921. The fourth-order valence-corrected chi connectivity index (χ4v) is 2.61. The van der Waals surface area contributed by atoms with Gasteiger partial charge in [0.15, 0.2) is 0 Å². The lowest BCUT2D eigenvalue weighted by Gasteiger charge is -2.16. The maximum atomic E-state index is 6.08. The van der Waals surface area contributed by atoms with E-state index >= 15 is 0 Å². The molecule has 1 aromatic carbocycles. The Morgan fingerprint density at radius 3 is 2.72 bits per heavy atom. The molecule has 0 saturated heterocycles. The van der Waals surface area contributed by atoms with Gasteiger partial charge in [-0.05, 0) is 49.4 Å². The van der Waals surface area contributed by atoms with E-state index in [9.17, 15) is 0 Å². The summed E-state index contributed by atoms with van der Waals surface area (Å²) >= 11 is 6.08. The van der Waals surface area contributed by atoms with Gasteiger partial charge in [-0.15, -0.1) is 0 Å². The van der Waals surface area contributed by atoms with Crippen LogP contribution < -0.4 is 15.8 Å². The minimum absolute atomic E-state index is 0.348. The molecule has 1 aromatic rings. The standard InChI is InChI=1S/C14H21ClN2O/c1-10-5-12(15)6-11(13(10)18-2)7-17-9-14(8-16)3-4-14/h5-6,17H,3-4,7-9,16H2,1-2H3. The lowest BCUT2D eigenvalue weighted by Crippen LogP contribution is -2.29.